The number of carbonyl (C=O) groups excluding carboxylic acids is 2. The van der Waals surface area contributed by atoms with Gasteiger partial charge in [-0.25, -0.2) is 9.59 Å². The van der Waals surface area contributed by atoms with Gasteiger partial charge in [-0.3, -0.25) is 0 Å². The molecule has 0 N–H and O–H groups in total. The topological polar surface area (TPSA) is 61.8 Å². The number of carbonyl (C=O) groups is 2. The summed E-state index contributed by atoms with van der Waals surface area (Å²) in [5, 5.41) is 0. The zero-order valence-electron chi connectivity index (χ0n) is 28.1. The van der Waals surface area contributed by atoms with E-state index in [9.17, 15) is 9.59 Å². The summed E-state index contributed by atoms with van der Waals surface area (Å²) in [7, 11) is 0. The molecule has 1 unspecified atom stereocenters. The van der Waals surface area contributed by atoms with Crippen molar-refractivity contribution < 1.29 is 23.8 Å². The van der Waals surface area contributed by atoms with E-state index in [0.29, 0.717) is 34.3 Å². The van der Waals surface area contributed by atoms with Gasteiger partial charge in [0.15, 0.2) is 0 Å². The van der Waals surface area contributed by atoms with Gasteiger partial charge in [0.2, 0.25) is 0 Å². The predicted molar refractivity (Wildman–Crippen MR) is 181 cm³/mol. The lowest BCUT2D eigenvalue weighted by Gasteiger charge is -2.28. The lowest BCUT2D eigenvalue weighted by atomic mass is 9.76. The van der Waals surface area contributed by atoms with E-state index in [1.54, 1.807) is 48.5 Å². The Morgan fingerprint density at radius 1 is 0.689 bits per heavy atom. The van der Waals surface area contributed by atoms with Crippen LogP contribution < -0.4 is 9.47 Å². The number of hydrogen-bond acceptors (Lipinski definition) is 5. The number of ether oxygens (including phenoxy) is 3. The van der Waals surface area contributed by atoms with E-state index in [2.05, 4.69) is 58.9 Å². The Balaban J connectivity index is 1.40. The van der Waals surface area contributed by atoms with Crippen molar-refractivity contribution in [3.8, 4) is 17.2 Å². The Bertz CT molecular complexity index is 1650. The van der Waals surface area contributed by atoms with E-state index in [-0.39, 0.29) is 11.4 Å². The largest absolute Gasteiger partial charge is 0.457 e. The third-order valence-electron chi connectivity index (χ3n) is 8.87. The van der Waals surface area contributed by atoms with Crippen molar-refractivity contribution in [2.45, 2.75) is 92.1 Å². The van der Waals surface area contributed by atoms with E-state index in [1.807, 2.05) is 39.8 Å². The maximum Gasteiger partial charge on any atom is 0.343 e. The molecule has 0 saturated heterocycles. The molecule has 0 aromatic heterocycles. The van der Waals surface area contributed by atoms with Gasteiger partial charge in [0.1, 0.15) is 22.8 Å². The normalized spacial score (nSPS) is 12.4. The second-order valence-electron chi connectivity index (χ2n) is 13.0. The minimum atomic E-state index is -0.520. The highest BCUT2D eigenvalue weighted by molar-refractivity contribution is 5.91. The van der Waals surface area contributed by atoms with Crippen LogP contribution in [0.25, 0.3) is 0 Å². The lowest BCUT2D eigenvalue weighted by molar-refractivity contribution is -0.00245. The third kappa shape index (κ3) is 8.02. The van der Waals surface area contributed by atoms with Gasteiger partial charge in [-0.1, -0.05) is 65.0 Å². The molecular weight excluding hydrogens is 560 g/mol. The first-order valence-electron chi connectivity index (χ1n) is 15.8. The molecule has 4 aromatic carbocycles. The highest BCUT2D eigenvalue weighted by atomic mass is 16.6. The quantitative estimate of drug-likeness (QED) is 0.126. The molecule has 0 aliphatic rings. The molecule has 1 atom stereocenters. The second kappa shape index (κ2) is 13.7. The summed E-state index contributed by atoms with van der Waals surface area (Å²) >= 11 is 0. The summed E-state index contributed by atoms with van der Waals surface area (Å²) in [6.07, 6.45) is 1.84. The van der Waals surface area contributed by atoms with Crippen LogP contribution in [-0.4, -0.2) is 17.5 Å². The Morgan fingerprint density at radius 2 is 1.20 bits per heavy atom. The summed E-state index contributed by atoms with van der Waals surface area (Å²) in [6.45, 7) is 18.9. The van der Waals surface area contributed by atoms with Crippen molar-refractivity contribution in [2.75, 3.05) is 0 Å². The van der Waals surface area contributed by atoms with Gasteiger partial charge in [0.25, 0.3) is 0 Å². The molecule has 0 heterocycles. The summed E-state index contributed by atoms with van der Waals surface area (Å²) < 4.78 is 17.3. The molecule has 0 fully saturated rings. The summed E-state index contributed by atoms with van der Waals surface area (Å²) in [4.78, 5) is 25.4. The molecular formula is C40H46O5. The van der Waals surface area contributed by atoms with E-state index < -0.39 is 11.6 Å². The molecule has 0 radical (unpaired) electrons. The minimum Gasteiger partial charge on any atom is -0.457 e. The molecule has 5 nitrogen and oxygen atoms in total. The maximum absolute atomic E-state index is 13.0. The first-order valence-corrected chi connectivity index (χ1v) is 15.8. The van der Waals surface area contributed by atoms with Crippen LogP contribution in [0.3, 0.4) is 0 Å². The first kappa shape index (κ1) is 33.5. The number of rotatable bonds is 11. The maximum atomic E-state index is 13.0. The van der Waals surface area contributed by atoms with Gasteiger partial charge in [-0.05, 0) is 129 Å². The molecule has 0 spiro atoms. The fourth-order valence-electron chi connectivity index (χ4n) is 5.15. The summed E-state index contributed by atoms with van der Waals surface area (Å²) in [5.41, 5.74) is 6.18. The first-order chi connectivity index (χ1) is 21.2. The van der Waals surface area contributed by atoms with Gasteiger partial charge in [-0.15, -0.1) is 0 Å². The molecule has 0 bridgehead atoms. The van der Waals surface area contributed by atoms with Gasteiger partial charge in [0.05, 0.1) is 11.1 Å². The molecule has 4 rings (SSSR count). The van der Waals surface area contributed by atoms with Crippen LogP contribution in [0.4, 0.5) is 0 Å². The van der Waals surface area contributed by atoms with E-state index in [4.69, 9.17) is 14.2 Å². The number of hydrogen-bond donors (Lipinski definition) is 0. The van der Waals surface area contributed by atoms with E-state index >= 15 is 0 Å². The monoisotopic (exact) mass is 606 g/mol. The predicted octanol–water partition coefficient (Wildman–Crippen LogP) is 10.5. The van der Waals surface area contributed by atoms with Crippen LogP contribution in [0.15, 0.2) is 84.9 Å². The number of aryl methyl sites for hydroxylation is 2. The summed E-state index contributed by atoms with van der Waals surface area (Å²) in [6, 6.07) is 26.4. The van der Waals surface area contributed by atoms with Gasteiger partial charge < -0.3 is 14.2 Å². The fourth-order valence-corrected chi connectivity index (χ4v) is 5.15. The standard InChI is InChI=1S/C40H46O5/c1-10-26(3)35-22-16-31(24-27(35)4)40(8,9)32-17-23-36(28(5)25-32)44-37(41)29-12-18-33(19-13-29)43-34-20-14-30(15-21-34)38(42)45-39(6,7)11-2/h12-26H,10-11H2,1-9H3. The van der Waals surface area contributed by atoms with Gasteiger partial charge in [0, 0.05) is 5.41 Å². The van der Waals surface area contributed by atoms with Gasteiger partial charge in [-0.2, -0.15) is 0 Å². The highest BCUT2D eigenvalue weighted by Crippen LogP contribution is 2.36. The molecule has 4 aromatic rings. The Hall–Kier alpha value is -4.38. The number of benzene rings is 4. The van der Waals surface area contributed by atoms with Crippen LogP contribution in [0.2, 0.25) is 0 Å². The molecule has 0 amide bonds. The Labute approximate surface area is 268 Å². The van der Waals surface area contributed by atoms with Crippen molar-refractivity contribution in [3.05, 3.63) is 124 Å². The Morgan fingerprint density at radius 3 is 1.69 bits per heavy atom. The lowest BCUT2D eigenvalue weighted by Crippen LogP contribution is -2.26. The van der Waals surface area contributed by atoms with Crippen molar-refractivity contribution >= 4 is 11.9 Å². The molecule has 0 aliphatic carbocycles. The smallest absolute Gasteiger partial charge is 0.343 e. The molecule has 5 heteroatoms. The second-order valence-corrected chi connectivity index (χ2v) is 13.0. The zero-order valence-corrected chi connectivity index (χ0v) is 28.1. The average Bonchev–Trinajstić information content (AvgIpc) is 3.02. The fraction of sp³-hybridized carbons (Fsp3) is 0.350. The van der Waals surface area contributed by atoms with Crippen molar-refractivity contribution in [2.24, 2.45) is 0 Å². The highest BCUT2D eigenvalue weighted by Gasteiger charge is 2.25. The van der Waals surface area contributed by atoms with E-state index in [0.717, 1.165) is 24.0 Å². The SMILES string of the molecule is CCC(C)c1ccc(C(C)(C)c2ccc(OC(=O)c3ccc(Oc4ccc(C(=O)OC(C)(C)CC)cc4)cc3)c(C)c2)cc1C. The Kier molecular flexibility index (Phi) is 10.2. The molecule has 0 saturated carbocycles. The van der Waals surface area contributed by atoms with E-state index in [1.165, 1.54) is 16.7 Å². The summed E-state index contributed by atoms with van der Waals surface area (Å²) in [5.74, 6) is 1.39. The van der Waals surface area contributed by atoms with Gasteiger partial charge >= 0.3 is 11.9 Å². The van der Waals surface area contributed by atoms with Crippen LogP contribution in [-0.2, 0) is 10.2 Å². The average molecular weight is 607 g/mol. The molecule has 45 heavy (non-hydrogen) atoms. The zero-order chi connectivity index (χ0) is 32.9. The minimum absolute atomic E-state index is 0.211. The van der Waals surface area contributed by atoms with Crippen molar-refractivity contribution in [1.29, 1.82) is 0 Å². The van der Waals surface area contributed by atoms with Crippen LogP contribution in [0, 0.1) is 13.8 Å². The van der Waals surface area contributed by atoms with Crippen molar-refractivity contribution in [1.82, 2.24) is 0 Å². The van der Waals surface area contributed by atoms with Crippen LogP contribution in [0.5, 0.6) is 17.2 Å². The molecule has 236 valence electrons. The van der Waals surface area contributed by atoms with Crippen molar-refractivity contribution in [3.63, 3.8) is 0 Å². The van der Waals surface area contributed by atoms with Crippen LogP contribution in [0.1, 0.15) is 116 Å². The molecule has 0 aliphatic heterocycles. The number of esters is 2. The third-order valence-corrected chi connectivity index (χ3v) is 8.87. The van der Waals surface area contributed by atoms with Crippen LogP contribution >= 0.6 is 0 Å².